The zero-order valence-corrected chi connectivity index (χ0v) is 18.9. The number of esters is 1. The molecular formula is C23H43NO2S. The Morgan fingerprint density at radius 3 is 2.15 bits per heavy atom. The quantitative estimate of drug-likeness (QED) is 0.146. The zero-order valence-electron chi connectivity index (χ0n) is 18.1. The van der Waals surface area contributed by atoms with Gasteiger partial charge >= 0.3 is 5.97 Å². The van der Waals surface area contributed by atoms with E-state index in [0.717, 1.165) is 44.4 Å². The highest BCUT2D eigenvalue weighted by Crippen LogP contribution is 2.07. The molecule has 0 spiro atoms. The Morgan fingerprint density at radius 2 is 1.52 bits per heavy atom. The zero-order chi connectivity index (χ0) is 20.0. The lowest BCUT2D eigenvalue weighted by Gasteiger charge is -2.09. The van der Waals surface area contributed by atoms with E-state index in [4.69, 9.17) is 4.74 Å². The van der Waals surface area contributed by atoms with E-state index >= 15 is 0 Å². The molecule has 0 aliphatic rings. The summed E-state index contributed by atoms with van der Waals surface area (Å²) in [6.07, 6.45) is 21.1. The number of unbranched alkanes of at least 4 members (excludes halogenated alkanes) is 6. The third kappa shape index (κ3) is 23.2. The largest absolute Gasteiger partial charge is 0.466 e. The van der Waals surface area contributed by atoms with Gasteiger partial charge < -0.3 is 9.64 Å². The highest BCUT2D eigenvalue weighted by molar-refractivity contribution is 7.99. The van der Waals surface area contributed by atoms with Crippen molar-refractivity contribution in [1.82, 2.24) is 4.90 Å². The van der Waals surface area contributed by atoms with Crippen LogP contribution in [0.2, 0.25) is 0 Å². The highest BCUT2D eigenvalue weighted by atomic mass is 32.2. The second kappa shape index (κ2) is 21.6. The minimum Gasteiger partial charge on any atom is -0.466 e. The molecule has 0 aromatic rings. The fourth-order valence-corrected chi connectivity index (χ4v) is 3.29. The predicted molar refractivity (Wildman–Crippen MR) is 122 cm³/mol. The fraction of sp³-hybridized carbons (Fsp3) is 0.783. The summed E-state index contributed by atoms with van der Waals surface area (Å²) in [4.78, 5) is 13.8. The summed E-state index contributed by atoms with van der Waals surface area (Å²) in [7, 11) is 4.13. The molecule has 0 N–H and O–H groups in total. The molecule has 4 heteroatoms. The van der Waals surface area contributed by atoms with Crippen LogP contribution in [0.4, 0.5) is 0 Å². The minimum absolute atomic E-state index is 0.0371. The van der Waals surface area contributed by atoms with Gasteiger partial charge in [0.05, 0.1) is 6.61 Å². The summed E-state index contributed by atoms with van der Waals surface area (Å²) in [6.45, 7) is 3.85. The van der Waals surface area contributed by atoms with Crippen LogP contribution in [0, 0.1) is 0 Å². The molecule has 0 fully saturated rings. The van der Waals surface area contributed by atoms with Crippen LogP contribution < -0.4 is 0 Å². The molecule has 0 unspecified atom stereocenters. The second-order valence-electron chi connectivity index (χ2n) is 7.28. The molecule has 3 nitrogen and oxygen atoms in total. The van der Waals surface area contributed by atoms with Crippen LogP contribution in [0.15, 0.2) is 24.3 Å². The van der Waals surface area contributed by atoms with Gasteiger partial charge in [-0.25, -0.2) is 0 Å². The van der Waals surface area contributed by atoms with E-state index in [-0.39, 0.29) is 5.97 Å². The average Bonchev–Trinajstić information content (AvgIpc) is 2.64. The van der Waals surface area contributed by atoms with E-state index in [2.05, 4.69) is 50.2 Å². The molecule has 158 valence electrons. The van der Waals surface area contributed by atoms with Crippen molar-refractivity contribution in [2.75, 3.05) is 38.8 Å². The van der Waals surface area contributed by atoms with Crippen LogP contribution >= 0.6 is 11.8 Å². The fourth-order valence-electron chi connectivity index (χ4n) is 2.56. The summed E-state index contributed by atoms with van der Waals surface area (Å²) in [5.74, 6) is 2.40. The molecule has 0 saturated heterocycles. The molecule has 0 saturated carbocycles. The third-order valence-electron chi connectivity index (χ3n) is 4.15. The molecule has 0 aliphatic heterocycles. The number of thioether (sulfide) groups is 1. The van der Waals surface area contributed by atoms with Crippen molar-refractivity contribution in [3.8, 4) is 0 Å². The Bertz CT molecular complexity index is 381. The Labute approximate surface area is 173 Å². The van der Waals surface area contributed by atoms with E-state index in [1.54, 1.807) is 0 Å². The van der Waals surface area contributed by atoms with E-state index in [1.165, 1.54) is 37.9 Å². The van der Waals surface area contributed by atoms with Crippen LogP contribution in [0.3, 0.4) is 0 Å². The molecule has 0 rings (SSSR count). The summed E-state index contributed by atoms with van der Waals surface area (Å²) >= 11 is 2.01. The maximum Gasteiger partial charge on any atom is 0.305 e. The summed E-state index contributed by atoms with van der Waals surface area (Å²) < 4.78 is 5.26. The smallest absolute Gasteiger partial charge is 0.305 e. The van der Waals surface area contributed by atoms with Gasteiger partial charge in [0, 0.05) is 12.2 Å². The summed E-state index contributed by atoms with van der Waals surface area (Å²) in [5, 5.41) is 0. The predicted octanol–water partition coefficient (Wildman–Crippen LogP) is 6.25. The van der Waals surface area contributed by atoms with Crippen molar-refractivity contribution in [3.63, 3.8) is 0 Å². The second-order valence-corrected chi connectivity index (χ2v) is 8.43. The maximum atomic E-state index is 11.6. The molecule has 0 aliphatic carbocycles. The van der Waals surface area contributed by atoms with Gasteiger partial charge in [0.1, 0.15) is 0 Å². The molecule has 0 bridgehead atoms. The highest BCUT2D eigenvalue weighted by Gasteiger charge is 2.01. The molecular weight excluding hydrogens is 354 g/mol. The number of ether oxygens (including phenoxy) is 1. The summed E-state index contributed by atoms with van der Waals surface area (Å²) in [5.41, 5.74) is 0. The average molecular weight is 398 g/mol. The van der Waals surface area contributed by atoms with Gasteiger partial charge in [-0.15, -0.1) is 0 Å². The first-order chi connectivity index (χ1) is 13.2. The number of hydrogen-bond donors (Lipinski definition) is 0. The standard InChI is InChI=1S/C23H43NO2S/c1-4-21-27-22-17-13-11-9-7-5-6-8-10-12-14-18-23(25)26-20-16-15-19-24(2)3/h6,8,13,17H,4-5,7,9-12,14-16,18-22H2,1-3H3/b8-6-,17-13-. The van der Waals surface area contributed by atoms with E-state index < -0.39 is 0 Å². The first kappa shape index (κ1) is 26.3. The van der Waals surface area contributed by atoms with Crippen molar-refractivity contribution in [1.29, 1.82) is 0 Å². The van der Waals surface area contributed by atoms with E-state index in [0.29, 0.717) is 13.0 Å². The van der Waals surface area contributed by atoms with Crippen LogP contribution in [-0.2, 0) is 9.53 Å². The van der Waals surface area contributed by atoms with Crippen molar-refractivity contribution in [2.45, 2.75) is 77.6 Å². The number of carbonyl (C=O) groups excluding carboxylic acids is 1. The Morgan fingerprint density at radius 1 is 0.889 bits per heavy atom. The number of carbonyl (C=O) groups is 1. The lowest BCUT2D eigenvalue weighted by Crippen LogP contribution is -2.14. The third-order valence-corrected chi connectivity index (χ3v) is 5.28. The minimum atomic E-state index is -0.0371. The van der Waals surface area contributed by atoms with Gasteiger partial charge in [-0.3, -0.25) is 4.79 Å². The van der Waals surface area contributed by atoms with E-state index in [9.17, 15) is 4.79 Å². The molecule has 0 atom stereocenters. The van der Waals surface area contributed by atoms with Crippen LogP contribution in [0.1, 0.15) is 77.6 Å². The van der Waals surface area contributed by atoms with Gasteiger partial charge in [-0.05, 0) is 90.6 Å². The molecule has 0 aromatic carbocycles. The monoisotopic (exact) mass is 397 g/mol. The first-order valence-electron chi connectivity index (χ1n) is 10.8. The topological polar surface area (TPSA) is 29.5 Å². The van der Waals surface area contributed by atoms with Crippen molar-refractivity contribution in [3.05, 3.63) is 24.3 Å². The van der Waals surface area contributed by atoms with Crippen LogP contribution in [0.25, 0.3) is 0 Å². The first-order valence-corrected chi connectivity index (χ1v) is 12.0. The SMILES string of the molecule is CCCSC/C=C\CCCC/C=C\CCCCC(=O)OCCCCN(C)C. The molecule has 0 heterocycles. The normalized spacial score (nSPS) is 11.9. The summed E-state index contributed by atoms with van der Waals surface area (Å²) in [6, 6.07) is 0. The number of allylic oxidation sites excluding steroid dienone is 3. The van der Waals surface area contributed by atoms with Gasteiger partial charge in [0.2, 0.25) is 0 Å². The van der Waals surface area contributed by atoms with Crippen molar-refractivity contribution >= 4 is 17.7 Å². The number of rotatable bonds is 19. The molecule has 0 radical (unpaired) electrons. The van der Waals surface area contributed by atoms with Crippen LogP contribution in [-0.4, -0.2) is 49.6 Å². The molecule has 27 heavy (non-hydrogen) atoms. The Kier molecular flexibility index (Phi) is 21.0. The van der Waals surface area contributed by atoms with Gasteiger partial charge in [0.25, 0.3) is 0 Å². The molecule has 0 aromatic heterocycles. The van der Waals surface area contributed by atoms with Crippen molar-refractivity contribution < 1.29 is 9.53 Å². The molecule has 0 amide bonds. The number of nitrogens with zero attached hydrogens (tertiary/aromatic N) is 1. The van der Waals surface area contributed by atoms with Gasteiger partial charge in [-0.1, -0.05) is 31.2 Å². The lowest BCUT2D eigenvalue weighted by atomic mass is 10.1. The van der Waals surface area contributed by atoms with Crippen LogP contribution in [0.5, 0.6) is 0 Å². The van der Waals surface area contributed by atoms with Crippen molar-refractivity contribution in [2.24, 2.45) is 0 Å². The van der Waals surface area contributed by atoms with Gasteiger partial charge in [-0.2, -0.15) is 11.8 Å². The number of hydrogen-bond acceptors (Lipinski definition) is 4. The van der Waals surface area contributed by atoms with E-state index in [1.807, 2.05) is 11.8 Å². The van der Waals surface area contributed by atoms with Gasteiger partial charge in [0.15, 0.2) is 0 Å². The lowest BCUT2D eigenvalue weighted by molar-refractivity contribution is -0.143. The Balaban J connectivity index is 3.29. The maximum absolute atomic E-state index is 11.6. The Hall–Kier alpha value is -0.740.